The Labute approximate surface area is 174 Å². The summed E-state index contributed by atoms with van der Waals surface area (Å²) >= 11 is 0. The van der Waals surface area contributed by atoms with E-state index in [2.05, 4.69) is 9.46 Å². The number of benzene rings is 2. The van der Waals surface area contributed by atoms with Crippen molar-refractivity contribution < 1.29 is 26.7 Å². The van der Waals surface area contributed by atoms with Gasteiger partial charge >= 0.3 is 6.09 Å². The smallest absolute Gasteiger partial charge is 0.410 e. The van der Waals surface area contributed by atoms with Crippen LogP contribution in [0.1, 0.15) is 12.0 Å². The summed E-state index contributed by atoms with van der Waals surface area (Å²) in [5.41, 5.74) is 2.92. The first-order valence-corrected chi connectivity index (χ1v) is 11.5. The number of carbonyl (C=O) groups excluding carboxylic acids is 1. The summed E-state index contributed by atoms with van der Waals surface area (Å²) in [5, 5.41) is 0. The molecular formula is C21H24F2N2O4S. The van der Waals surface area contributed by atoms with Gasteiger partial charge < -0.3 is 9.64 Å². The molecule has 2 atom stereocenters. The molecule has 2 aromatic carbocycles. The molecule has 1 aliphatic rings. The number of likely N-dealkylation sites (tertiary alicyclic amines) is 1. The standard InChI is InChI=1S/C21H24F2N2O4S/c1-30(27,28)24-18-10-11-25(21(26)29-14-20(22)23)19(18)13-15-6-5-9-17(12-15)16-7-3-2-4-8-16/h2-9,12,18-20,24H,10-11,13-14H2,1H3/t18-,19-/m0/s1. The highest BCUT2D eigenvalue weighted by atomic mass is 32.2. The number of amides is 1. The largest absolute Gasteiger partial charge is 0.443 e. The van der Waals surface area contributed by atoms with E-state index in [-0.39, 0.29) is 6.54 Å². The number of nitrogens with one attached hydrogen (secondary N) is 1. The van der Waals surface area contributed by atoms with Crippen molar-refractivity contribution in [2.75, 3.05) is 19.4 Å². The van der Waals surface area contributed by atoms with Crippen LogP contribution in [-0.2, 0) is 21.2 Å². The number of rotatable bonds is 7. The van der Waals surface area contributed by atoms with E-state index in [9.17, 15) is 22.0 Å². The van der Waals surface area contributed by atoms with Gasteiger partial charge in [-0.05, 0) is 29.5 Å². The van der Waals surface area contributed by atoms with E-state index in [0.717, 1.165) is 22.9 Å². The molecule has 3 rings (SSSR count). The summed E-state index contributed by atoms with van der Waals surface area (Å²) in [6, 6.07) is 16.4. The SMILES string of the molecule is CS(=O)(=O)N[C@H]1CCN(C(=O)OCC(F)F)[C@H]1Cc1cccc(-c2ccccc2)c1. The summed E-state index contributed by atoms with van der Waals surface area (Å²) in [4.78, 5) is 13.7. The van der Waals surface area contributed by atoms with Gasteiger partial charge in [-0.2, -0.15) is 0 Å². The van der Waals surface area contributed by atoms with Crippen LogP contribution in [0.15, 0.2) is 54.6 Å². The fraction of sp³-hybridized carbons (Fsp3) is 0.381. The molecule has 0 radical (unpaired) electrons. The second-order valence-electron chi connectivity index (χ2n) is 7.28. The Kier molecular flexibility index (Phi) is 7.04. The molecule has 162 valence electrons. The third-order valence-corrected chi connectivity index (χ3v) is 5.69. The number of halogens is 2. The third kappa shape index (κ3) is 5.99. The number of ether oxygens (including phenoxy) is 1. The van der Waals surface area contributed by atoms with Crippen molar-refractivity contribution in [3.8, 4) is 11.1 Å². The number of hydrogen-bond donors (Lipinski definition) is 1. The molecule has 2 aromatic rings. The Morgan fingerprint density at radius 3 is 2.53 bits per heavy atom. The van der Waals surface area contributed by atoms with Crippen LogP contribution in [0.3, 0.4) is 0 Å². The van der Waals surface area contributed by atoms with Gasteiger partial charge in [-0.1, -0.05) is 54.6 Å². The minimum Gasteiger partial charge on any atom is -0.443 e. The lowest BCUT2D eigenvalue weighted by Gasteiger charge is -2.28. The molecule has 30 heavy (non-hydrogen) atoms. The molecule has 0 unspecified atom stereocenters. The van der Waals surface area contributed by atoms with Crippen LogP contribution >= 0.6 is 0 Å². The molecule has 1 saturated heterocycles. The van der Waals surface area contributed by atoms with Crippen LogP contribution < -0.4 is 4.72 Å². The van der Waals surface area contributed by atoms with Gasteiger partial charge in [0.05, 0.1) is 12.3 Å². The van der Waals surface area contributed by atoms with Gasteiger partial charge in [-0.25, -0.2) is 26.7 Å². The molecule has 1 heterocycles. The molecule has 1 amide bonds. The second-order valence-corrected chi connectivity index (χ2v) is 9.06. The first-order valence-electron chi connectivity index (χ1n) is 9.56. The zero-order valence-electron chi connectivity index (χ0n) is 16.5. The summed E-state index contributed by atoms with van der Waals surface area (Å²) in [6.07, 6.45) is -1.84. The average Bonchev–Trinajstić information content (AvgIpc) is 3.07. The summed E-state index contributed by atoms with van der Waals surface area (Å²) in [7, 11) is -3.51. The van der Waals surface area contributed by atoms with Crippen LogP contribution in [0.4, 0.5) is 13.6 Å². The van der Waals surface area contributed by atoms with Gasteiger partial charge in [0.1, 0.15) is 0 Å². The fourth-order valence-corrected chi connectivity index (χ4v) is 4.54. The number of alkyl halides is 2. The Hall–Kier alpha value is -2.52. The third-order valence-electron chi connectivity index (χ3n) is 4.96. The minimum absolute atomic E-state index is 0.221. The molecule has 9 heteroatoms. The zero-order chi connectivity index (χ0) is 21.7. The summed E-state index contributed by atoms with van der Waals surface area (Å²) in [5.74, 6) is 0. The van der Waals surface area contributed by atoms with Gasteiger partial charge in [0, 0.05) is 12.6 Å². The van der Waals surface area contributed by atoms with E-state index in [1.807, 2.05) is 54.6 Å². The van der Waals surface area contributed by atoms with Crippen LogP contribution in [0, 0.1) is 0 Å². The van der Waals surface area contributed by atoms with E-state index in [0.29, 0.717) is 12.8 Å². The Balaban J connectivity index is 1.83. The maximum atomic E-state index is 12.4. The van der Waals surface area contributed by atoms with Gasteiger partial charge in [0.15, 0.2) is 6.61 Å². The lowest BCUT2D eigenvalue weighted by atomic mass is 9.97. The molecule has 0 spiro atoms. The molecule has 0 saturated carbocycles. The van der Waals surface area contributed by atoms with Crippen molar-refractivity contribution >= 4 is 16.1 Å². The zero-order valence-corrected chi connectivity index (χ0v) is 17.3. The Morgan fingerprint density at radius 2 is 1.87 bits per heavy atom. The van der Waals surface area contributed by atoms with Gasteiger partial charge in [-0.3, -0.25) is 0 Å². The van der Waals surface area contributed by atoms with E-state index >= 15 is 0 Å². The maximum absolute atomic E-state index is 12.4. The lowest BCUT2D eigenvalue weighted by Crippen LogP contribution is -2.48. The van der Waals surface area contributed by atoms with E-state index in [4.69, 9.17) is 0 Å². The normalized spacial score (nSPS) is 19.3. The van der Waals surface area contributed by atoms with Gasteiger partial charge in [0.25, 0.3) is 6.43 Å². The Morgan fingerprint density at radius 1 is 1.17 bits per heavy atom. The maximum Gasteiger partial charge on any atom is 0.410 e. The van der Waals surface area contributed by atoms with E-state index in [1.165, 1.54) is 4.90 Å². The predicted molar refractivity (Wildman–Crippen MR) is 110 cm³/mol. The number of nitrogens with zero attached hydrogens (tertiary/aromatic N) is 1. The highest BCUT2D eigenvalue weighted by molar-refractivity contribution is 7.88. The first kappa shape index (κ1) is 22.2. The van der Waals surface area contributed by atoms with Crippen LogP contribution in [0.25, 0.3) is 11.1 Å². The monoisotopic (exact) mass is 438 g/mol. The van der Waals surface area contributed by atoms with Crippen LogP contribution in [-0.4, -0.2) is 57.3 Å². The van der Waals surface area contributed by atoms with Crippen molar-refractivity contribution in [1.29, 1.82) is 0 Å². The van der Waals surface area contributed by atoms with Crippen molar-refractivity contribution in [2.24, 2.45) is 0 Å². The van der Waals surface area contributed by atoms with Crippen LogP contribution in [0.5, 0.6) is 0 Å². The molecule has 1 N–H and O–H groups in total. The first-order chi connectivity index (χ1) is 14.2. The molecule has 0 bridgehead atoms. The number of sulfonamides is 1. The summed E-state index contributed by atoms with van der Waals surface area (Å²) < 4.78 is 55.7. The molecule has 1 fully saturated rings. The topological polar surface area (TPSA) is 75.7 Å². The van der Waals surface area contributed by atoms with Crippen molar-refractivity contribution in [3.63, 3.8) is 0 Å². The van der Waals surface area contributed by atoms with Crippen molar-refractivity contribution in [2.45, 2.75) is 31.4 Å². The molecule has 6 nitrogen and oxygen atoms in total. The minimum atomic E-state index is -3.51. The Bertz CT molecular complexity index is 970. The quantitative estimate of drug-likeness (QED) is 0.720. The molecule has 1 aliphatic heterocycles. The van der Waals surface area contributed by atoms with E-state index < -0.39 is 41.2 Å². The van der Waals surface area contributed by atoms with Crippen molar-refractivity contribution in [1.82, 2.24) is 9.62 Å². The van der Waals surface area contributed by atoms with Crippen LogP contribution in [0.2, 0.25) is 0 Å². The highest BCUT2D eigenvalue weighted by Gasteiger charge is 2.39. The molecule has 0 aliphatic carbocycles. The number of carbonyl (C=O) groups is 1. The second kappa shape index (κ2) is 9.53. The van der Waals surface area contributed by atoms with Gasteiger partial charge in [-0.15, -0.1) is 0 Å². The average molecular weight is 438 g/mol. The molecule has 0 aromatic heterocycles. The molecular weight excluding hydrogens is 414 g/mol. The number of hydrogen-bond acceptors (Lipinski definition) is 4. The lowest BCUT2D eigenvalue weighted by molar-refractivity contribution is 0.0295. The highest BCUT2D eigenvalue weighted by Crippen LogP contribution is 2.26. The summed E-state index contributed by atoms with van der Waals surface area (Å²) in [6.45, 7) is -0.770. The van der Waals surface area contributed by atoms with E-state index in [1.54, 1.807) is 0 Å². The predicted octanol–water partition coefficient (Wildman–Crippen LogP) is 3.29. The fourth-order valence-electron chi connectivity index (χ4n) is 3.71. The van der Waals surface area contributed by atoms with Gasteiger partial charge in [0.2, 0.25) is 10.0 Å². The van der Waals surface area contributed by atoms with Crippen molar-refractivity contribution in [3.05, 3.63) is 60.2 Å².